The van der Waals surface area contributed by atoms with E-state index in [-0.39, 0.29) is 5.41 Å². The standard InChI is InChI=1S/C12H26N2S/c1-11(2,3)8-12(4,5)9-13-10(15)14(6)7/h8-9H2,1-7H3,(H,13,15). The highest BCUT2D eigenvalue weighted by molar-refractivity contribution is 7.80. The maximum atomic E-state index is 5.20. The summed E-state index contributed by atoms with van der Waals surface area (Å²) in [5.41, 5.74) is 0.642. The van der Waals surface area contributed by atoms with Gasteiger partial charge in [-0.25, -0.2) is 0 Å². The molecule has 0 aromatic heterocycles. The molecule has 0 aliphatic heterocycles. The summed E-state index contributed by atoms with van der Waals surface area (Å²) in [6, 6.07) is 0. The minimum absolute atomic E-state index is 0.276. The first-order valence-corrected chi connectivity index (χ1v) is 5.89. The summed E-state index contributed by atoms with van der Waals surface area (Å²) in [7, 11) is 3.93. The van der Waals surface area contributed by atoms with Gasteiger partial charge in [0.1, 0.15) is 0 Å². The largest absolute Gasteiger partial charge is 0.362 e. The molecule has 0 amide bonds. The summed E-state index contributed by atoms with van der Waals surface area (Å²) in [6.07, 6.45) is 1.18. The summed E-state index contributed by atoms with van der Waals surface area (Å²) in [4.78, 5) is 1.93. The number of thiocarbonyl (C=S) groups is 1. The van der Waals surface area contributed by atoms with Crippen molar-refractivity contribution in [3.63, 3.8) is 0 Å². The second-order valence-electron chi connectivity index (χ2n) is 6.45. The van der Waals surface area contributed by atoms with Gasteiger partial charge in [0.15, 0.2) is 5.11 Å². The molecule has 0 aromatic rings. The summed E-state index contributed by atoms with van der Waals surface area (Å²) >= 11 is 5.20. The van der Waals surface area contributed by atoms with Gasteiger partial charge in [-0.15, -0.1) is 0 Å². The Balaban J connectivity index is 4.10. The molecule has 0 radical (unpaired) electrons. The molecule has 0 spiro atoms. The molecule has 0 saturated heterocycles. The van der Waals surface area contributed by atoms with E-state index in [0.717, 1.165) is 11.7 Å². The average molecular weight is 230 g/mol. The number of rotatable bonds is 3. The minimum Gasteiger partial charge on any atom is -0.362 e. The Morgan fingerprint density at radius 1 is 1.13 bits per heavy atom. The molecule has 90 valence electrons. The predicted molar refractivity (Wildman–Crippen MR) is 72.1 cm³/mol. The van der Waals surface area contributed by atoms with Crippen molar-refractivity contribution in [2.45, 2.75) is 41.0 Å². The van der Waals surface area contributed by atoms with E-state index in [0.29, 0.717) is 5.41 Å². The lowest BCUT2D eigenvalue weighted by Gasteiger charge is -2.33. The number of hydrogen-bond acceptors (Lipinski definition) is 1. The SMILES string of the molecule is CN(C)C(=S)NCC(C)(C)CC(C)(C)C. The van der Waals surface area contributed by atoms with Gasteiger partial charge in [0.2, 0.25) is 0 Å². The Morgan fingerprint density at radius 3 is 1.93 bits per heavy atom. The zero-order chi connectivity index (χ0) is 12.3. The highest BCUT2D eigenvalue weighted by atomic mass is 32.1. The third kappa shape index (κ3) is 7.60. The second kappa shape index (κ2) is 5.15. The van der Waals surface area contributed by atoms with Crippen LogP contribution in [-0.4, -0.2) is 30.7 Å². The van der Waals surface area contributed by atoms with E-state index in [1.54, 1.807) is 0 Å². The molecule has 0 aromatic carbocycles. The van der Waals surface area contributed by atoms with E-state index in [2.05, 4.69) is 39.9 Å². The van der Waals surface area contributed by atoms with Crippen LogP contribution in [0.25, 0.3) is 0 Å². The second-order valence-corrected chi connectivity index (χ2v) is 6.84. The first-order valence-electron chi connectivity index (χ1n) is 5.49. The Labute approximate surface area is 100 Å². The fourth-order valence-corrected chi connectivity index (χ4v) is 2.04. The summed E-state index contributed by atoms with van der Waals surface area (Å²) in [6.45, 7) is 12.3. The van der Waals surface area contributed by atoms with Crippen LogP contribution in [0.5, 0.6) is 0 Å². The van der Waals surface area contributed by atoms with Crippen molar-refractivity contribution in [2.24, 2.45) is 10.8 Å². The number of nitrogens with one attached hydrogen (secondary N) is 1. The van der Waals surface area contributed by atoms with E-state index in [1.807, 2.05) is 19.0 Å². The lowest BCUT2D eigenvalue weighted by Crippen LogP contribution is -2.41. The fraction of sp³-hybridized carbons (Fsp3) is 0.917. The van der Waals surface area contributed by atoms with Crippen molar-refractivity contribution >= 4 is 17.3 Å². The summed E-state index contributed by atoms with van der Waals surface area (Å²) in [5.74, 6) is 0. The zero-order valence-corrected chi connectivity index (χ0v) is 12.1. The zero-order valence-electron chi connectivity index (χ0n) is 11.3. The number of hydrogen-bond donors (Lipinski definition) is 1. The van der Waals surface area contributed by atoms with Crippen LogP contribution in [0.3, 0.4) is 0 Å². The summed E-state index contributed by atoms with van der Waals surface area (Å²) < 4.78 is 0. The van der Waals surface area contributed by atoms with Crippen molar-refractivity contribution in [2.75, 3.05) is 20.6 Å². The van der Waals surface area contributed by atoms with Crippen molar-refractivity contribution in [3.8, 4) is 0 Å². The van der Waals surface area contributed by atoms with Crippen LogP contribution in [0.2, 0.25) is 0 Å². The van der Waals surface area contributed by atoms with Crippen LogP contribution < -0.4 is 5.32 Å². The smallest absolute Gasteiger partial charge is 0.168 e. The molecule has 3 heteroatoms. The van der Waals surface area contributed by atoms with E-state index < -0.39 is 0 Å². The maximum Gasteiger partial charge on any atom is 0.168 e. The van der Waals surface area contributed by atoms with Crippen LogP contribution in [0.1, 0.15) is 41.0 Å². The Bertz CT molecular complexity index is 214. The van der Waals surface area contributed by atoms with Crippen LogP contribution in [-0.2, 0) is 0 Å². The topological polar surface area (TPSA) is 15.3 Å². The molecule has 0 atom stereocenters. The minimum atomic E-state index is 0.276. The van der Waals surface area contributed by atoms with Crippen LogP contribution in [0.4, 0.5) is 0 Å². The van der Waals surface area contributed by atoms with Gasteiger partial charge in [-0.3, -0.25) is 0 Å². The van der Waals surface area contributed by atoms with Gasteiger partial charge in [-0.2, -0.15) is 0 Å². The predicted octanol–water partition coefficient (Wildman–Crippen LogP) is 2.88. The van der Waals surface area contributed by atoms with Crippen molar-refractivity contribution in [1.29, 1.82) is 0 Å². The molecule has 0 unspecified atom stereocenters. The molecule has 0 rings (SSSR count). The normalized spacial score (nSPS) is 12.5. The van der Waals surface area contributed by atoms with Gasteiger partial charge in [0, 0.05) is 20.6 Å². The van der Waals surface area contributed by atoms with Gasteiger partial charge in [0.25, 0.3) is 0 Å². The molecule has 1 N–H and O–H groups in total. The van der Waals surface area contributed by atoms with Gasteiger partial charge < -0.3 is 10.2 Å². The quantitative estimate of drug-likeness (QED) is 0.751. The van der Waals surface area contributed by atoms with Crippen LogP contribution in [0, 0.1) is 10.8 Å². The molecular formula is C12H26N2S. The molecular weight excluding hydrogens is 204 g/mol. The Morgan fingerprint density at radius 2 is 1.60 bits per heavy atom. The fourth-order valence-electron chi connectivity index (χ4n) is 1.97. The van der Waals surface area contributed by atoms with Crippen LogP contribution in [0.15, 0.2) is 0 Å². The molecule has 0 bridgehead atoms. The Kier molecular flexibility index (Phi) is 5.04. The van der Waals surface area contributed by atoms with E-state index in [4.69, 9.17) is 12.2 Å². The first kappa shape index (κ1) is 14.7. The lowest BCUT2D eigenvalue weighted by atomic mass is 9.76. The van der Waals surface area contributed by atoms with Gasteiger partial charge in [-0.1, -0.05) is 34.6 Å². The molecule has 15 heavy (non-hydrogen) atoms. The molecule has 0 aliphatic rings. The molecule has 0 fully saturated rings. The third-order valence-electron chi connectivity index (χ3n) is 2.13. The number of nitrogens with zero attached hydrogens (tertiary/aromatic N) is 1. The van der Waals surface area contributed by atoms with Gasteiger partial charge in [0.05, 0.1) is 0 Å². The highest BCUT2D eigenvalue weighted by Crippen LogP contribution is 2.32. The molecule has 0 aliphatic carbocycles. The Hall–Kier alpha value is -0.310. The third-order valence-corrected chi connectivity index (χ3v) is 2.64. The van der Waals surface area contributed by atoms with Crippen molar-refractivity contribution in [1.82, 2.24) is 10.2 Å². The van der Waals surface area contributed by atoms with Crippen molar-refractivity contribution < 1.29 is 0 Å². The van der Waals surface area contributed by atoms with Gasteiger partial charge >= 0.3 is 0 Å². The molecule has 0 heterocycles. The molecule has 0 saturated carbocycles. The first-order chi connectivity index (χ1) is 6.53. The highest BCUT2D eigenvalue weighted by Gasteiger charge is 2.25. The van der Waals surface area contributed by atoms with Crippen molar-refractivity contribution in [3.05, 3.63) is 0 Å². The monoisotopic (exact) mass is 230 g/mol. The van der Waals surface area contributed by atoms with E-state index >= 15 is 0 Å². The van der Waals surface area contributed by atoms with E-state index in [9.17, 15) is 0 Å². The lowest BCUT2D eigenvalue weighted by molar-refractivity contribution is 0.213. The van der Waals surface area contributed by atoms with Gasteiger partial charge in [-0.05, 0) is 29.5 Å². The van der Waals surface area contributed by atoms with E-state index in [1.165, 1.54) is 6.42 Å². The maximum absolute atomic E-state index is 5.20. The summed E-state index contributed by atoms with van der Waals surface area (Å²) in [5, 5.41) is 4.12. The average Bonchev–Trinajstić information content (AvgIpc) is 1.95. The molecule has 2 nitrogen and oxygen atoms in total. The van der Waals surface area contributed by atoms with Crippen LogP contribution >= 0.6 is 12.2 Å².